The van der Waals surface area contributed by atoms with Crippen LogP contribution in [0.4, 0.5) is 0 Å². The smallest absolute Gasteiger partial charge is 0.339 e. The molecule has 29 heavy (non-hydrogen) atoms. The summed E-state index contributed by atoms with van der Waals surface area (Å²) in [5.41, 5.74) is 0.480. The van der Waals surface area contributed by atoms with Gasteiger partial charge in [-0.15, -0.1) is 0 Å². The van der Waals surface area contributed by atoms with Gasteiger partial charge in [0.2, 0.25) is 5.78 Å². The second-order valence-corrected chi connectivity index (χ2v) is 8.42. The number of hydrogen-bond acceptors (Lipinski definition) is 6. The Morgan fingerprint density at radius 3 is 2.38 bits per heavy atom. The van der Waals surface area contributed by atoms with E-state index in [0.717, 1.165) is 18.5 Å². The van der Waals surface area contributed by atoms with Crippen molar-refractivity contribution in [1.82, 2.24) is 4.90 Å². The second kappa shape index (κ2) is 6.28. The first-order valence-electron chi connectivity index (χ1n) is 9.07. The van der Waals surface area contributed by atoms with Gasteiger partial charge < -0.3 is 9.08 Å². The van der Waals surface area contributed by atoms with Crippen LogP contribution in [0, 0.1) is 0 Å². The van der Waals surface area contributed by atoms with Crippen molar-refractivity contribution in [2.75, 3.05) is 13.1 Å². The number of allylic oxidation sites excluding steroid dienone is 2. The summed E-state index contributed by atoms with van der Waals surface area (Å²) in [4.78, 5) is 27.2. The predicted octanol–water partition coefficient (Wildman–Crippen LogP) is 3.19. The van der Waals surface area contributed by atoms with E-state index in [2.05, 4.69) is 0 Å². The lowest BCUT2D eigenvalue weighted by atomic mass is 9.92. The summed E-state index contributed by atoms with van der Waals surface area (Å²) < 4.78 is 31.4. The van der Waals surface area contributed by atoms with E-state index in [4.69, 9.17) is 4.18 Å². The van der Waals surface area contributed by atoms with Crippen LogP contribution in [0.5, 0.6) is 5.75 Å². The molecule has 1 fully saturated rings. The molecule has 2 aliphatic rings. The maximum atomic E-state index is 13.0. The van der Waals surface area contributed by atoms with Gasteiger partial charge >= 0.3 is 10.1 Å². The molecule has 0 unspecified atom stereocenters. The third-order valence-corrected chi connectivity index (χ3v) is 6.32. The van der Waals surface area contributed by atoms with Crippen LogP contribution in [0.25, 0.3) is 10.8 Å². The van der Waals surface area contributed by atoms with Crippen LogP contribution >= 0.6 is 0 Å². The number of nitrogens with zero attached hydrogens (tertiary/aromatic N) is 1. The molecule has 0 spiro atoms. The lowest BCUT2D eigenvalue weighted by molar-refractivity contribution is 0.0969. The van der Waals surface area contributed by atoms with Gasteiger partial charge in [-0.3, -0.25) is 9.59 Å². The number of carbonyl (C=O) groups excluding carboxylic acids is 2. The van der Waals surface area contributed by atoms with Crippen molar-refractivity contribution in [1.29, 1.82) is 0 Å². The van der Waals surface area contributed by atoms with E-state index in [1.54, 1.807) is 35.2 Å². The summed E-state index contributed by atoms with van der Waals surface area (Å²) in [5.74, 6) is -0.884. The molecule has 0 radical (unpaired) electrons. The van der Waals surface area contributed by atoms with E-state index >= 15 is 0 Å². The molecule has 0 atom stereocenters. The molecule has 1 saturated heterocycles. The Hall–Kier alpha value is -3.45. The van der Waals surface area contributed by atoms with Gasteiger partial charge in [-0.1, -0.05) is 42.5 Å². The van der Waals surface area contributed by atoms with Crippen molar-refractivity contribution in [3.63, 3.8) is 0 Å². The van der Waals surface area contributed by atoms with Gasteiger partial charge in [0.05, 0.1) is 11.3 Å². The van der Waals surface area contributed by atoms with Crippen LogP contribution in [0.15, 0.2) is 77.3 Å². The van der Waals surface area contributed by atoms with Gasteiger partial charge in [-0.05, 0) is 23.6 Å². The molecule has 0 saturated carbocycles. The predicted molar refractivity (Wildman–Crippen MR) is 107 cm³/mol. The monoisotopic (exact) mass is 405 g/mol. The van der Waals surface area contributed by atoms with Gasteiger partial charge in [0.25, 0.3) is 0 Å². The molecule has 1 aliphatic heterocycles. The highest BCUT2D eigenvalue weighted by molar-refractivity contribution is 7.87. The van der Waals surface area contributed by atoms with Gasteiger partial charge in [-0.25, -0.2) is 0 Å². The fourth-order valence-electron chi connectivity index (χ4n) is 3.55. The SMILES string of the molecule is O=C1C(N2CC2)=CC(=O)c2c(OS(=O)(=O)c3cccc4ccccc34)cccc21. The van der Waals surface area contributed by atoms with Crippen LogP contribution in [-0.4, -0.2) is 38.0 Å². The molecule has 1 heterocycles. The molecule has 3 aromatic carbocycles. The Balaban J connectivity index is 1.59. The third kappa shape index (κ3) is 2.91. The summed E-state index contributed by atoms with van der Waals surface area (Å²) in [6, 6.07) is 16.4. The topological polar surface area (TPSA) is 80.5 Å². The van der Waals surface area contributed by atoms with E-state index in [9.17, 15) is 18.0 Å². The number of carbonyl (C=O) groups is 2. The number of fused-ring (bicyclic) bond motifs is 2. The summed E-state index contributed by atoms with van der Waals surface area (Å²) in [6.45, 7) is 1.46. The number of hydrogen-bond donors (Lipinski definition) is 0. The lowest BCUT2D eigenvalue weighted by Gasteiger charge is -2.19. The normalized spacial score (nSPS) is 15.9. The molecule has 0 aromatic heterocycles. The first-order chi connectivity index (χ1) is 14.0. The Bertz CT molecular complexity index is 1330. The number of Topliss-reactive ketones (excluding diaryl/α,β-unsaturated/α-hetero) is 1. The van der Waals surface area contributed by atoms with Gasteiger partial charge in [0, 0.05) is 30.1 Å². The molecule has 5 rings (SSSR count). The quantitative estimate of drug-likeness (QED) is 0.490. The van der Waals surface area contributed by atoms with Crippen molar-refractivity contribution in [3.8, 4) is 5.75 Å². The van der Waals surface area contributed by atoms with Gasteiger partial charge in [-0.2, -0.15) is 8.42 Å². The zero-order valence-electron chi connectivity index (χ0n) is 15.2. The maximum Gasteiger partial charge on any atom is 0.339 e. The molecular weight excluding hydrogens is 390 g/mol. The van der Waals surface area contributed by atoms with Crippen LogP contribution in [0.1, 0.15) is 20.7 Å². The molecule has 0 N–H and O–H groups in total. The maximum absolute atomic E-state index is 13.0. The highest BCUT2D eigenvalue weighted by Crippen LogP contribution is 2.34. The largest absolute Gasteiger partial charge is 0.378 e. The van der Waals surface area contributed by atoms with Crippen LogP contribution in [0.3, 0.4) is 0 Å². The average molecular weight is 405 g/mol. The fraction of sp³-hybridized carbons (Fsp3) is 0.0909. The van der Waals surface area contributed by atoms with Crippen molar-refractivity contribution in [3.05, 3.63) is 83.6 Å². The van der Waals surface area contributed by atoms with Crippen molar-refractivity contribution in [2.24, 2.45) is 0 Å². The molecule has 144 valence electrons. The number of rotatable bonds is 4. The minimum atomic E-state index is -4.23. The van der Waals surface area contributed by atoms with Crippen LogP contribution < -0.4 is 4.18 Å². The lowest BCUT2D eigenvalue weighted by Crippen LogP contribution is -2.23. The molecule has 1 aliphatic carbocycles. The van der Waals surface area contributed by atoms with Gasteiger partial charge in [0.15, 0.2) is 11.5 Å². The Morgan fingerprint density at radius 2 is 1.59 bits per heavy atom. The molecule has 0 amide bonds. The van der Waals surface area contributed by atoms with Crippen molar-refractivity contribution >= 4 is 32.5 Å². The van der Waals surface area contributed by atoms with Crippen LogP contribution in [0.2, 0.25) is 0 Å². The van der Waals surface area contributed by atoms with E-state index in [1.807, 2.05) is 6.07 Å². The highest BCUT2D eigenvalue weighted by Gasteiger charge is 2.35. The summed E-state index contributed by atoms with van der Waals surface area (Å²) in [7, 11) is -4.23. The van der Waals surface area contributed by atoms with E-state index in [1.165, 1.54) is 30.3 Å². The summed E-state index contributed by atoms with van der Waals surface area (Å²) in [5, 5.41) is 1.27. The second-order valence-electron chi connectivity index (χ2n) is 6.90. The zero-order valence-corrected chi connectivity index (χ0v) is 16.0. The molecule has 6 nitrogen and oxygen atoms in total. The van der Waals surface area contributed by atoms with E-state index < -0.39 is 15.9 Å². The minimum Gasteiger partial charge on any atom is -0.378 e. The van der Waals surface area contributed by atoms with E-state index in [-0.39, 0.29) is 27.6 Å². The third-order valence-electron chi connectivity index (χ3n) is 5.02. The number of benzene rings is 3. The molecule has 0 bridgehead atoms. The minimum absolute atomic E-state index is 0.00288. The van der Waals surface area contributed by atoms with Gasteiger partial charge in [0.1, 0.15) is 4.90 Å². The average Bonchev–Trinajstić information content (AvgIpc) is 3.55. The van der Waals surface area contributed by atoms with Crippen molar-refractivity contribution < 1.29 is 22.2 Å². The molecule has 3 aromatic rings. The highest BCUT2D eigenvalue weighted by atomic mass is 32.2. The zero-order chi connectivity index (χ0) is 20.2. The molecular formula is C22H15NO5S. The molecule has 7 heteroatoms. The Morgan fingerprint density at radius 1 is 0.862 bits per heavy atom. The number of ketones is 2. The Kier molecular flexibility index (Phi) is 3.82. The fourth-order valence-corrected chi connectivity index (χ4v) is 4.71. The summed E-state index contributed by atoms with van der Waals surface area (Å²) >= 11 is 0. The standard InChI is InChI=1S/C22H15NO5S/c24-18-13-17(23-11-12-23)22(25)16-8-4-9-19(21(16)18)28-29(26,27)20-10-3-6-14-5-1-2-7-15(14)20/h1-10,13H,11-12H2. The first kappa shape index (κ1) is 17.6. The van der Waals surface area contributed by atoms with E-state index in [0.29, 0.717) is 11.1 Å². The summed E-state index contributed by atoms with van der Waals surface area (Å²) in [6.07, 6.45) is 1.26. The van der Waals surface area contributed by atoms with Crippen LogP contribution in [-0.2, 0) is 10.1 Å². The first-order valence-corrected chi connectivity index (χ1v) is 10.5. The van der Waals surface area contributed by atoms with Crippen molar-refractivity contribution in [2.45, 2.75) is 4.90 Å². The Labute approximate surface area is 167 Å².